The summed E-state index contributed by atoms with van der Waals surface area (Å²) in [5.74, 6) is -4.61. The number of ether oxygens (including phenoxy) is 4. The van der Waals surface area contributed by atoms with E-state index in [1.807, 2.05) is 0 Å². The molecule has 0 radical (unpaired) electrons. The number of esters is 2. The fourth-order valence-electron chi connectivity index (χ4n) is 3.90. The third-order valence-electron chi connectivity index (χ3n) is 5.64. The number of carbonyl (C=O) groups excluding carboxylic acids is 3. The highest BCUT2D eigenvalue weighted by molar-refractivity contribution is 6.02. The molecule has 1 aliphatic rings. The molecule has 0 unspecified atom stereocenters. The van der Waals surface area contributed by atoms with Crippen LogP contribution >= 0.6 is 0 Å². The summed E-state index contributed by atoms with van der Waals surface area (Å²) < 4.78 is 22.2. The summed E-state index contributed by atoms with van der Waals surface area (Å²) in [6.07, 6.45) is -3.82. The van der Waals surface area contributed by atoms with Gasteiger partial charge in [0.25, 0.3) is 5.79 Å². The van der Waals surface area contributed by atoms with Gasteiger partial charge in [0.15, 0.2) is 12.2 Å². The molecule has 1 saturated heterocycles. The Morgan fingerprint density at radius 1 is 0.800 bits per heavy atom. The number of rotatable bonds is 8. The summed E-state index contributed by atoms with van der Waals surface area (Å²) in [6, 6.07) is 24.5. The van der Waals surface area contributed by atoms with Crippen molar-refractivity contribution in [3.63, 3.8) is 0 Å². The monoisotopic (exact) mass is 476 g/mol. The molecule has 0 aliphatic carbocycles. The van der Waals surface area contributed by atoms with Gasteiger partial charge in [-0.05, 0) is 24.3 Å². The normalized spacial score (nSPS) is 23.4. The lowest BCUT2D eigenvalue weighted by atomic mass is 9.96. The maximum absolute atomic E-state index is 13.2. The van der Waals surface area contributed by atoms with Gasteiger partial charge in [0.05, 0.1) is 11.1 Å². The minimum atomic E-state index is -2.48. The van der Waals surface area contributed by atoms with Gasteiger partial charge in [0.1, 0.15) is 12.7 Å². The molecule has 0 spiro atoms. The largest absolute Gasteiger partial charge is 0.459 e. The van der Waals surface area contributed by atoms with Crippen molar-refractivity contribution in [3.8, 4) is 0 Å². The number of carbonyl (C=O) groups is 3. The van der Waals surface area contributed by atoms with Crippen molar-refractivity contribution in [1.82, 2.24) is 0 Å². The van der Waals surface area contributed by atoms with Crippen molar-refractivity contribution in [3.05, 3.63) is 108 Å². The van der Waals surface area contributed by atoms with Gasteiger partial charge in [-0.2, -0.15) is 0 Å². The van der Waals surface area contributed by atoms with Crippen LogP contribution in [0.1, 0.15) is 31.1 Å². The highest BCUT2D eigenvalue weighted by Crippen LogP contribution is 2.36. The van der Waals surface area contributed by atoms with Gasteiger partial charge in [-0.3, -0.25) is 4.79 Å². The lowest BCUT2D eigenvalue weighted by Gasteiger charge is -2.27. The Balaban J connectivity index is 1.61. The van der Waals surface area contributed by atoms with Crippen molar-refractivity contribution in [1.29, 1.82) is 0 Å². The molecular weight excluding hydrogens is 452 g/mol. The summed E-state index contributed by atoms with van der Waals surface area (Å²) in [5, 5.41) is 11.4. The molecular formula is C27H24O8. The predicted octanol–water partition coefficient (Wildman–Crippen LogP) is 3.05. The number of ketones is 1. The quantitative estimate of drug-likeness (QED) is 0.390. The second-order valence-electron chi connectivity index (χ2n) is 7.90. The lowest BCUT2D eigenvalue weighted by molar-refractivity contribution is -0.199. The van der Waals surface area contributed by atoms with Gasteiger partial charge < -0.3 is 24.1 Å². The highest BCUT2D eigenvalue weighted by Gasteiger charge is 2.61. The molecule has 0 aromatic heterocycles. The molecule has 180 valence electrons. The van der Waals surface area contributed by atoms with Gasteiger partial charge in [0, 0.05) is 12.7 Å². The fraction of sp³-hybridized carbons (Fsp3) is 0.222. The number of aliphatic hydroxyl groups is 1. The number of hydrogen-bond acceptors (Lipinski definition) is 8. The van der Waals surface area contributed by atoms with Gasteiger partial charge in [0.2, 0.25) is 5.78 Å². The number of hydrogen-bond donors (Lipinski definition) is 1. The van der Waals surface area contributed by atoms with E-state index in [0.717, 1.165) is 0 Å². The molecule has 8 heteroatoms. The van der Waals surface area contributed by atoms with E-state index in [0.29, 0.717) is 5.56 Å². The van der Waals surface area contributed by atoms with E-state index in [9.17, 15) is 19.5 Å². The molecule has 4 rings (SSSR count). The zero-order valence-corrected chi connectivity index (χ0v) is 18.9. The number of benzene rings is 3. The smallest absolute Gasteiger partial charge is 0.338 e. The molecule has 1 fully saturated rings. The predicted molar refractivity (Wildman–Crippen MR) is 124 cm³/mol. The van der Waals surface area contributed by atoms with Crippen LogP contribution in [-0.4, -0.2) is 60.6 Å². The van der Waals surface area contributed by atoms with Crippen molar-refractivity contribution in [2.24, 2.45) is 0 Å². The van der Waals surface area contributed by atoms with Crippen LogP contribution in [-0.2, 0) is 18.9 Å². The Labute approximate surface area is 202 Å². The molecule has 1 N–H and O–H groups in total. The Morgan fingerprint density at radius 2 is 1.29 bits per heavy atom. The number of Topliss-reactive ketones (excluding diaryl/α,β-unsaturated/α-hetero) is 1. The second kappa shape index (κ2) is 10.6. The van der Waals surface area contributed by atoms with E-state index in [-0.39, 0.29) is 11.1 Å². The van der Waals surface area contributed by atoms with E-state index in [1.54, 1.807) is 78.9 Å². The first-order valence-corrected chi connectivity index (χ1v) is 10.9. The first-order chi connectivity index (χ1) is 16.9. The van der Waals surface area contributed by atoms with Gasteiger partial charge in [-0.25, -0.2) is 9.59 Å². The molecule has 0 bridgehead atoms. The third kappa shape index (κ3) is 5.14. The van der Waals surface area contributed by atoms with Gasteiger partial charge >= 0.3 is 11.9 Å². The molecule has 1 aliphatic heterocycles. The maximum atomic E-state index is 13.2. The van der Waals surface area contributed by atoms with Crippen LogP contribution in [0, 0.1) is 0 Å². The van der Waals surface area contributed by atoms with Crippen LogP contribution in [0.15, 0.2) is 91.0 Å². The standard InChI is InChI=1S/C27H24O8/c1-32-24-22(34-26(30)20-15-9-4-10-16-20)21(17-33-25(29)19-13-7-3-8-14-19)35-27(24,31)23(28)18-11-5-2-6-12-18/h2-16,21-22,24,31H,17H2,1H3/t21-,22-,24-,27+/m1/s1. The van der Waals surface area contributed by atoms with Crippen LogP contribution in [0.2, 0.25) is 0 Å². The topological polar surface area (TPSA) is 108 Å². The number of methoxy groups -OCH3 is 1. The summed E-state index contributed by atoms with van der Waals surface area (Å²) in [4.78, 5) is 38.5. The van der Waals surface area contributed by atoms with E-state index in [2.05, 4.69) is 0 Å². The van der Waals surface area contributed by atoms with Crippen molar-refractivity contribution in [2.45, 2.75) is 24.1 Å². The molecule has 3 aromatic rings. The third-order valence-corrected chi connectivity index (χ3v) is 5.64. The van der Waals surface area contributed by atoms with Gasteiger partial charge in [-0.15, -0.1) is 0 Å². The Bertz CT molecular complexity index is 1170. The van der Waals surface area contributed by atoms with Crippen LogP contribution in [0.3, 0.4) is 0 Å². The van der Waals surface area contributed by atoms with Crippen LogP contribution in [0.25, 0.3) is 0 Å². The van der Waals surface area contributed by atoms with Crippen molar-refractivity contribution < 1.29 is 38.4 Å². The molecule has 8 nitrogen and oxygen atoms in total. The minimum Gasteiger partial charge on any atom is -0.459 e. The van der Waals surface area contributed by atoms with E-state index < -0.39 is 48.4 Å². The van der Waals surface area contributed by atoms with Crippen LogP contribution in [0.4, 0.5) is 0 Å². The van der Waals surface area contributed by atoms with E-state index in [1.165, 1.54) is 19.2 Å². The molecule has 1 heterocycles. The van der Waals surface area contributed by atoms with Crippen molar-refractivity contribution >= 4 is 17.7 Å². The molecule has 0 saturated carbocycles. The first-order valence-electron chi connectivity index (χ1n) is 10.9. The van der Waals surface area contributed by atoms with Crippen molar-refractivity contribution in [2.75, 3.05) is 13.7 Å². The molecule has 35 heavy (non-hydrogen) atoms. The zero-order valence-electron chi connectivity index (χ0n) is 18.9. The SMILES string of the molecule is CO[C@@H]1[C@H](OC(=O)c2ccccc2)[C@@H](COC(=O)c2ccccc2)O[C@@]1(O)C(=O)c1ccccc1. The highest BCUT2D eigenvalue weighted by atomic mass is 16.7. The Kier molecular flexibility index (Phi) is 7.36. The van der Waals surface area contributed by atoms with Crippen LogP contribution in [0.5, 0.6) is 0 Å². The zero-order chi connectivity index (χ0) is 24.8. The summed E-state index contributed by atoms with van der Waals surface area (Å²) in [7, 11) is 1.26. The van der Waals surface area contributed by atoms with E-state index >= 15 is 0 Å². The molecule has 4 atom stereocenters. The second-order valence-corrected chi connectivity index (χ2v) is 7.90. The molecule has 3 aromatic carbocycles. The Morgan fingerprint density at radius 3 is 1.80 bits per heavy atom. The average molecular weight is 476 g/mol. The average Bonchev–Trinajstić information content (AvgIpc) is 3.19. The maximum Gasteiger partial charge on any atom is 0.338 e. The Hall–Kier alpha value is -3.85. The molecule has 0 amide bonds. The van der Waals surface area contributed by atoms with Crippen LogP contribution < -0.4 is 0 Å². The summed E-state index contributed by atoms with van der Waals surface area (Å²) >= 11 is 0. The van der Waals surface area contributed by atoms with E-state index in [4.69, 9.17) is 18.9 Å². The minimum absolute atomic E-state index is 0.173. The summed E-state index contributed by atoms with van der Waals surface area (Å²) in [6.45, 7) is -0.398. The van der Waals surface area contributed by atoms with Gasteiger partial charge in [-0.1, -0.05) is 66.7 Å². The summed E-state index contributed by atoms with van der Waals surface area (Å²) in [5.41, 5.74) is 0.738. The fourth-order valence-corrected chi connectivity index (χ4v) is 3.90. The lowest BCUT2D eigenvalue weighted by Crippen LogP contribution is -2.51. The first kappa shape index (κ1) is 24.3.